The second-order valence-electron chi connectivity index (χ2n) is 7.65. The molecule has 0 amide bonds. The second kappa shape index (κ2) is 8.77. The first-order valence-electron chi connectivity index (χ1n) is 10.2. The maximum atomic E-state index is 14.9. The number of Topliss-reactive ketones (excluding diaryl/α,β-unsaturated/α-hetero) is 1. The summed E-state index contributed by atoms with van der Waals surface area (Å²) < 4.78 is 20.5. The van der Waals surface area contributed by atoms with Crippen molar-refractivity contribution in [2.75, 3.05) is 25.0 Å². The summed E-state index contributed by atoms with van der Waals surface area (Å²) in [5.41, 5.74) is 3.50. The number of ether oxygens (including phenoxy) is 1. The van der Waals surface area contributed by atoms with E-state index in [9.17, 15) is 9.18 Å². The minimum Gasteiger partial charge on any atom is -0.493 e. The van der Waals surface area contributed by atoms with Crippen molar-refractivity contribution in [2.45, 2.75) is 65.3 Å². The molecule has 3 rings (SSSR count). The van der Waals surface area contributed by atoms with Gasteiger partial charge >= 0.3 is 0 Å². The molecule has 1 aliphatic heterocycles. The molecule has 1 saturated carbocycles. The monoisotopic (exact) mass is 374 g/mol. The maximum Gasteiger partial charge on any atom is 0.166 e. The highest BCUT2D eigenvalue weighted by atomic mass is 19.1. The van der Waals surface area contributed by atoms with Gasteiger partial charge in [0.05, 0.1) is 17.9 Å². The molecule has 0 unspecified atom stereocenters. The minimum absolute atomic E-state index is 0.0523. The molecule has 0 spiro atoms. The standard InChI is InChI=1S/C22H31FN2O2/c1-4-14-27-20-9-8-19(22(23)21(20)16(3)26)24-18-10-12-25(13-11-18)15(2)17-6-5-7-17/h8-9,18,24H,4-7,10-14H2,1-3H3. The van der Waals surface area contributed by atoms with Crippen LogP contribution in [-0.2, 0) is 0 Å². The molecule has 2 aliphatic rings. The van der Waals surface area contributed by atoms with Gasteiger partial charge in [-0.15, -0.1) is 0 Å². The fourth-order valence-corrected chi connectivity index (χ4v) is 3.85. The van der Waals surface area contributed by atoms with Crippen LogP contribution in [0, 0.1) is 5.82 Å². The average molecular weight is 375 g/mol. The molecule has 1 aromatic rings. The molecule has 1 aromatic carbocycles. The number of benzene rings is 1. The number of hydrogen-bond donors (Lipinski definition) is 1. The number of rotatable bonds is 7. The Morgan fingerprint density at radius 1 is 1.26 bits per heavy atom. The molecule has 1 N–H and O–H groups in total. The molecule has 1 aliphatic carbocycles. The zero-order chi connectivity index (χ0) is 19.4. The number of nitrogens with one attached hydrogen (secondary N) is 1. The van der Waals surface area contributed by atoms with E-state index in [1.807, 2.05) is 6.92 Å². The van der Waals surface area contributed by atoms with Gasteiger partial charge in [0.2, 0.25) is 0 Å². The molecular formula is C22H31FN2O2. The van der Waals surface area contributed by atoms with Gasteiger partial charge in [-0.1, -0.05) is 12.5 Å². The summed E-state index contributed by atoms with van der Waals surface area (Å²) in [6.07, 6.45) is 6.56. The van der Waals surface area contributed by atoms with Crippen molar-refractivity contribution in [1.82, 2.24) is 4.90 Å². The van der Waals surface area contributed by atoms with Crippen molar-refractivity contribution in [3.8, 4) is 5.75 Å². The van der Waals surface area contributed by atoms with E-state index in [1.165, 1.54) is 31.9 Å². The highest BCUT2D eigenvalue weighted by Gasteiger charge is 2.24. The van der Waals surface area contributed by atoms with Gasteiger partial charge in [0.1, 0.15) is 5.75 Å². The predicted molar refractivity (Wildman–Crippen MR) is 107 cm³/mol. The molecule has 0 radical (unpaired) electrons. The lowest BCUT2D eigenvalue weighted by atomic mass is 9.90. The summed E-state index contributed by atoms with van der Waals surface area (Å²) in [5.74, 6) is -0.462. The lowest BCUT2D eigenvalue weighted by Gasteiger charge is -2.37. The molecular weight excluding hydrogens is 343 g/mol. The van der Waals surface area contributed by atoms with Gasteiger partial charge < -0.3 is 15.0 Å². The SMILES string of the molecule is CCCOc1ccc(NC2CCN(C(C)=C3CCC3)CC2)c(F)c1C(C)=O. The van der Waals surface area contributed by atoms with Gasteiger partial charge in [-0.2, -0.15) is 0 Å². The van der Waals surface area contributed by atoms with E-state index in [4.69, 9.17) is 4.74 Å². The Morgan fingerprint density at radius 3 is 2.52 bits per heavy atom. The van der Waals surface area contributed by atoms with E-state index in [2.05, 4.69) is 17.1 Å². The van der Waals surface area contributed by atoms with Crippen LogP contribution >= 0.6 is 0 Å². The van der Waals surface area contributed by atoms with Crippen LogP contribution in [0.5, 0.6) is 5.75 Å². The molecule has 0 aromatic heterocycles. The van der Waals surface area contributed by atoms with Crippen LogP contribution in [0.15, 0.2) is 23.4 Å². The van der Waals surface area contributed by atoms with Gasteiger partial charge in [-0.25, -0.2) is 4.39 Å². The number of likely N-dealkylation sites (tertiary alicyclic amines) is 1. The molecule has 148 valence electrons. The molecule has 1 heterocycles. The number of hydrogen-bond acceptors (Lipinski definition) is 4. The maximum absolute atomic E-state index is 14.9. The Morgan fingerprint density at radius 2 is 1.96 bits per heavy atom. The third-order valence-electron chi connectivity index (χ3n) is 5.72. The molecule has 4 nitrogen and oxygen atoms in total. The van der Waals surface area contributed by atoms with E-state index in [0.717, 1.165) is 32.4 Å². The number of carbonyl (C=O) groups is 1. The lowest BCUT2D eigenvalue weighted by Crippen LogP contribution is -2.39. The molecule has 27 heavy (non-hydrogen) atoms. The first kappa shape index (κ1) is 19.7. The Labute approximate surface area is 161 Å². The molecule has 0 bridgehead atoms. The average Bonchev–Trinajstić information content (AvgIpc) is 2.60. The zero-order valence-electron chi connectivity index (χ0n) is 16.7. The van der Waals surface area contributed by atoms with Gasteiger partial charge in [0, 0.05) is 24.8 Å². The van der Waals surface area contributed by atoms with Crippen molar-refractivity contribution < 1.29 is 13.9 Å². The van der Waals surface area contributed by atoms with Crippen LogP contribution in [0.2, 0.25) is 0 Å². The van der Waals surface area contributed by atoms with Crippen molar-refractivity contribution in [2.24, 2.45) is 0 Å². The fraction of sp³-hybridized carbons (Fsp3) is 0.591. The number of carbonyl (C=O) groups excluding carboxylic acids is 1. The summed E-state index contributed by atoms with van der Waals surface area (Å²) in [7, 11) is 0. The summed E-state index contributed by atoms with van der Waals surface area (Å²) in [6, 6.07) is 3.62. The molecule has 5 heteroatoms. The van der Waals surface area contributed by atoms with Crippen LogP contribution in [0.25, 0.3) is 0 Å². The van der Waals surface area contributed by atoms with Crippen molar-refractivity contribution >= 4 is 11.5 Å². The van der Waals surface area contributed by atoms with E-state index >= 15 is 0 Å². The number of piperidine rings is 1. The Hall–Kier alpha value is -2.04. The van der Waals surface area contributed by atoms with Crippen molar-refractivity contribution in [3.63, 3.8) is 0 Å². The van der Waals surface area contributed by atoms with Crippen molar-refractivity contribution in [3.05, 3.63) is 34.8 Å². The summed E-state index contributed by atoms with van der Waals surface area (Å²) in [4.78, 5) is 14.4. The first-order chi connectivity index (χ1) is 13.0. The third-order valence-corrected chi connectivity index (χ3v) is 5.72. The Balaban J connectivity index is 1.66. The quantitative estimate of drug-likeness (QED) is 0.670. The Kier molecular flexibility index (Phi) is 6.40. The van der Waals surface area contributed by atoms with E-state index < -0.39 is 5.82 Å². The lowest BCUT2D eigenvalue weighted by molar-refractivity contribution is 0.100. The minimum atomic E-state index is -0.494. The predicted octanol–water partition coefficient (Wildman–Crippen LogP) is 5.15. The van der Waals surface area contributed by atoms with E-state index in [-0.39, 0.29) is 17.4 Å². The number of ketones is 1. The molecule has 2 fully saturated rings. The summed E-state index contributed by atoms with van der Waals surface area (Å²) >= 11 is 0. The van der Waals surface area contributed by atoms with Crippen LogP contribution in [0.4, 0.5) is 10.1 Å². The van der Waals surface area contributed by atoms with Crippen LogP contribution < -0.4 is 10.1 Å². The first-order valence-corrected chi connectivity index (χ1v) is 10.2. The third kappa shape index (κ3) is 4.45. The molecule has 1 saturated heterocycles. The van der Waals surface area contributed by atoms with E-state index in [0.29, 0.717) is 18.0 Å². The van der Waals surface area contributed by atoms with Gasteiger partial charge in [-0.05, 0) is 64.5 Å². The van der Waals surface area contributed by atoms with Gasteiger partial charge in [0.15, 0.2) is 11.6 Å². The van der Waals surface area contributed by atoms with Crippen LogP contribution in [0.3, 0.4) is 0 Å². The molecule has 0 atom stereocenters. The number of halogens is 1. The number of allylic oxidation sites excluding steroid dienone is 2. The fourth-order valence-electron chi connectivity index (χ4n) is 3.85. The van der Waals surface area contributed by atoms with Crippen molar-refractivity contribution in [1.29, 1.82) is 0 Å². The summed E-state index contributed by atoms with van der Waals surface area (Å²) in [6.45, 7) is 8.05. The number of nitrogens with zero attached hydrogens (tertiary/aromatic N) is 1. The van der Waals surface area contributed by atoms with Crippen LogP contribution in [-0.4, -0.2) is 36.4 Å². The topological polar surface area (TPSA) is 41.6 Å². The highest BCUT2D eigenvalue weighted by Crippen LogP contribution is 2.32. The Bertz CT molecular complexity index is 715. The zero-order valence-corrected chi connectivity index (χ0v) is 16.7. The van der Waals surface area contributed by atoms with Gasteiger partial charge in [-0.3, -0.25) is 4.79 Å². The normalized spacial score (nSPS) is 17.5. The highest BCUT2D eigenvalue weighted by molar-refractivity contribution is 5.98. The summed E-state index contributed by atoms with van der Waals surface area (Å²) in [5, 5.41) is 3.32. The second-order valence-corrected chi connectivity index (χ2v) is 7.65. The van der Waals surface area contributed by atoms with Gasteiger partial charge in [0.25, 0.3) is 0 Å². The van der Waals surface area contributed by atoms with E-state index in [1.54, 1.807) is 17.7 Å². The largest absolute Gasteiger partial charge is 0.493 e. The number of anilines is 1. The van der Waals surface area contributed by atoms with Crippen LogP contribution in [0.1, 0.15) is 69.7 Å². The smallest absolute Gasteiger partial charge is 0.166 e.